The summed E-state index contributed by atoms with van der Waals surface area (Å²) in [5.41, 5.74) is 13.3. The topological polar surface area (TPSA) is 72.4 Å². The minimum atomic E-state index is -0.154. The summed E-state index contributed by atoms with van der Waals surface area (Å²) < 4.78 is 1.97. The lowest BCUT2D eigenvalue weighted by Crippen LogP contribution is -2.12. The fourth-order valence-electron chi connectivity index (χ4n) is 3.13. The van der Waals surface area contributed by atoms with Crippen molar-refractivity contribution in [1.82, 2.24) is 9.38 Å². The highest BCUT2D eigenvalue weighted by molar-refractivity contribution is 6.04. The highest BCUT2D eigenvalue weighted by atomic mass is 16.1. The number of rotatable bonds is 3. The number of amides is 1. The van der Waals surface area contributed by atoms with Gasteiger partial charge in [-0.1, -0.05) is 23.8 Å². The largest absolute Gasteiger partial charge is 0.398 e. The summed E-state index contributed by atoms with van der Waals surface area (Å²) in [5, 5.41) is 2.90. The van der Waals surface area contributed by atoms with E-state index < -0.39 is 0 Å². The molecule has 2 heterocycles. The summed E-state index contributed by atoms with van der Waals surface area (Å²) in [6.45, 7) is 4.03. The minimum Gasteiger partial charge on any atom is -0.398 e. The van der Waals surface area contributed by atoms with Crippen LogP contribution in [0.5, 0.6) is 0 Å². The molecule has 1 amide bonds. The summed E-state index contributed by atoms with van der Waals surface area (Å²) in [6.07, 6.45) is 5.70. The molecule has 0 aliphatic heterocycles. The van der Waals surface area contributed by atoms with Crippen LogP contribution < -0.4 is 11.1 Å². The predicted octanol–water partition coefficient (Wildman–Crippen LogP) is 4.45. The van der Waals surface area contributed by atoms with Crippen LogP contribution in [-0.4, -0.2) is 15.3 Å². The predicted molar refractivity (Wildman–Crippen MR) is 109 cm³/mol. The van der Waals surface area contributed by atoms with Gasteiger partial charge in [-0.25, -0.2) is 4.98 Å². The molecule has 4 aromatic rings. The van der Waals surface area contributed by atoms with Crippen molar-refractivity contribution in [3.05, 3.63) is 83.8 Å². The first kappa shape index (κ1) is 16.8. The van der Waals surface area contributed by atoms with E-state index in [9.17, 15) is 4.79 Å². The summed E-state index contributed by atoms with van der Waals surface area (Å²) in [4.78, 5) is 16.7. The van der Waals surface area contributed by atoms with E-state index in [2.05, 4.69) is 10.3 Å². The highest BCUT2D eigenvalue weighted by Gasteiger charge is 2.11. The van der Waals surface area contributed by atoms with Gasteiger partial charge in [-0.2, -0.15) is 0 Å². The number of aromatic nitrogens is 2. The number of pyridine rings is 1. The molecule has 134 valence electrons. The molecule has 0 spiro atoms. The Balaban J connectivity index is 1.63. The van der Waals surface area contributed by atoms with Gasteiger partial charge in [0.15, 0.2) is 0 Å². The molecule has 0 unspecified atom stereocenters. The first-order valence-electron chi connectivity index (χ1n) is 8.72. The van der Waals surface area contributed by atoms with E-state index >= 15 is 0 Å². The van der Waals surface area contributed by atoms with Crippen molar-refractivity contribution in [1.29, 1.82) is 0 Å². The van der Waals surface area contributed by atoms with E-state index in [4.69, 9.17) is 5.73 Å². The monoisotopic (exact) mass is 356 g/mol. The van der Waals surface area contributed by atoms with Crippen molar-refractivity contribution in [2.45, 2.75) is 13.8 Å². The quantitative estimate of drug-likeness (QED) is 0.533. The second-order valence-corrected chi connectivity index (χ2v) is 6.69. The van der Waals surface area contributed by atoms with E-state index in [1.807, 2.05) is 73.1 Å². The Kier molecular flexibility index (Phi) is 4.12. The van der Waals surface area contributed by atoms with E-state index in [0.717, 1.165) is 27.9 Å². The van der Waals surface area contributed by atoms with Gasteiger partial charge in [0.25, 0.3) is 5.91 Å². The van der Waals surface area contributed by atoms with Gasteiger partial charge in [0.1, 0.15) is 5.65 Å². The van der Waals surface area contributed by atoms with Crippen molar-refractivity contribution in [3.63, 3.8) is 0 Å². The third kappa shape index (κ3) is 3.27. The Hall–Kier alpha value is -3.60. The maximum atomic E-state index is 12.4. The first-order chi connectivity index (χ1) is 13.0. The molecule has 0 bridgehead atoms. The van der Waals surface area contributed by atoms with E-state index in [0.29, 0.717) is 16.9 Å². The van der Waals surface area contributed by atoms with Crippen LogP contribution in [-0.2, 0) is 0 Å². The van der Waals surface area contributed by atoms with Crippen LogP contribution in [0, 0.1) is 13.8 Å². The van der Waals surface area contributed by atoms with Gasteiger partial charge in [0.05, 0.1) is 0 Å². The Bertz CT molecular complexity index is 1140. The summed E-state index contributed by atoms with van der Waals surface area (Å²) in [7, 11) is 0. The number of nitrogen functional groups attached to an aromatic ring is 1. The number of nitrogens with zero attached hydrogens (tertiary/aromatic N) is 2. The number of benzene rings is 2. The van der Waals surface area contributed by atoms with Crippen LogP contribution in [0.3, 0.4) is 0 Å². The smallest absolute Gasteiger partial charge is 0.255 e. The van der Waals surface area contributed by atoms with Gasteiger partial charge >= 0.3 is 0 Å². The Morgan fingerprint density at radius 1 is 1.04 bits per heavy atom. The fourth-order valence-corrected chi connectivity index (χ4v) is 3.13. The molecule has 5 nitrogen and oxygen atoms in total. The van der Waals surface area contributed by atoms with E-state index in [1.54, 1.807) is 12.3 Å². The number of anilines is 2. The zero-order chi connectivity index (χ0) is 19.0. The average molecular weight is 356 g/mol. The van der Waals surface area contributed by atoms with Crippen molar-refractivity contribution in [2.24, 2.45) is 0 Å². The van der Waals surface area contributed by atoms with Crippen LogP contribution in [0.25, 0.3) is 16.8 Å². The molecule has 0 radical (unpaired) electrons. The molecule has 0 saturated carbocycles. The van der Waals surface area contributed by atoms with Crippen molar-refractivity contribution < 1.29 is 4.79 Å². The first-order valence-corrected chi connectivity index (χ1v) is 8.72. The number of fused-ring (bicyclic) bond motifs is 1. The van der Waals surface area contributed by atoms with Crippen LogP contribution in [0.1, 0.15) is 21.5 Å². The van der Waals surface area contributed by atoms with Crippen molar-refractivity contribution in [2.75, 3.05) is 11.1 Å². The lowest BCUT2D eigenvalue weighted by atomic mass is 10.0. The molecule has 0 fully saturated rings. The Morgan fingerprint density at radius 2 is 1.81 bits per heavy atom. The molecule has 27 heavy (non-hydrogen) atoms. The number of hydrogen-bond acceptors (Lipinski definition) is 3. The Morgan fingerprint density at radius 3 is 2.56 bits per heavy atom. The van der Waals surface area contributed by atoms with Crippen molar-refractivity contribution >= 4 is 22.9 Å². The molecular formula is C22H20N4O. The number of imidazole rings is 1. The van der Waals surface area contributed by atoms with Crippen molar-refractivity contribution in [3.8, 4) is 11.1 Å². The van der Waals surface area contributed by atoms with Gasteiger partial charge in [-0.15, -0.1) is 0 Å². The molecule has 0 atom stereocenters. The molecule has 3 N–H and O–H groups in total. The minimum absolute atomic E-state index is 0.154. The zero-order valence-electron chi connectivity index (χ0n) is 15.2. The van der Waals surface area contributed by atoms with Gasteiger partial charge in [0, 0.05) is 46.7 Å². The maximum Gasteiger partial charge on any atom is 0.255 e. The van der Waals surface area contributed by atoms with Gasteiger partial charge in [0.2, 0.25) is 0 Å². The highest BCUT2D eigenvalue weighted by Crippen LogP contribution is 2.31. The molecule has 2 aromatic heterocycles. The Labute approximate surface area is 157 Å². The molecule has 4 rings (SSSR count). The lowest BCUT2D eigenvalue weighted by Gasteiger charge is -2.12. The molecule has 2 aromatic carbocycles. The number of carbonyl (C=O) groups is 1. The lowest BCUT2D eigenvalue weighted by molar-refractivity contribution is 0.102. The fraction of sp³-hybridized carbons (Fsp3) is 0.0909. The number of hydrogen-bond donors (Lipinski definition) is 2. The van der Waals surface area contributed by atoms with Crippen LogP contribution in [0.15, 0.2) is 67.1 Å². The van der Waals surface area contributed by atoms with E-state index in [1.165, 1.54) is 0 Å². The van der Waals surface area contributed by atoms with Crippen LogP contribution >= 0.6 is 0 Å². The van der Waals surface area contributed by atoms with Gasteiger partial charge < -0.3 is 15.5 Å². The normalized spacial score (nSPS) is 10.9. The number of nitrogens with one attached hydrogen (secondary N) is 1. The standard InChI is InChI=1S/C22H20N4O/c1-14-3-5-16(6-4-14)22(27)25-17-7-8-18(20(23)12-17)19-13-26-10-9-24-21(26)11-15(19)2/h3-13H,23H2,1-2H3,(H,25,27). The molecule has 5 heteroatoms. The number of carbonyl (C=O) groups excluding carboxylic acids is 1. The van der Waals surface area contributed by atoms with Crippen LogP contribution in [0.4, 0.5) is 11.4 Å². The molecule has 0 saturated heterocycles. The second-order valence-electron chi connectivity index (χ2n) is 6.69. The van der Waals surface area contributed by atoms with E-state index in [-0.39, 0.29) is 5.91 Å². The number of aryl methyl sites for hydroxylation is 2. The summed E-state index contributed by atoms with van der Waals surface area (Å²) >= 11 is 0. The second kappa shape index (κ2) is 6.61. The average Bonchev–Trinajstić information content (AvgIpc) is 3.09. The third-order valence-electron chi connectivity index (χ3n) is 4.65. The maximum absolute atomic E-state index is 12.4. The third-order valence-corrected chi connectivity index (χ3v) is 4.65. The summed E-state index contributed by atoms with van der Waals surface area (Å²) in [6, 6.07) is 15.1. The molecular weight excluding hydrogens is 336 g/mol. The molecule has 0 aliphatic carbocycles. The van der Waals surface area contributed by atoms with Gasteiger partial charge in [-0.3, -0.25) is 4.79 Å². The number of nitrogens with two attached hydrogens (primary N) is 1. The molecule has 0 aliphatic rings. The van der Waals surface area contributed by atoms with Crippen LogP contribution in [0.2, 0.25) is 0 Å². The summed E-state index contributed by atoms with van der Waals surface area (Å²) in [5.74, 6) is -0.154. The SMILES string of the molecule is Cc1ccc(C(=O)Nc2ccc(-c3cn4ccnc4cc3C)c(N)c2)cc1. The van der Waals surface area contributed by atoms with Gasteiger partial charge in [-0.05, 0) is 49.7 Å². The zero-order valence-corrected chi connectivity index (χ0v) is 15.2.